The molecular formula is C31H41ClN2O11. The third kappa shape index (κ3) is 10.3. The predicted molar refractivity (Wildman–Crippen MR) is 162 cm³/mol. The third-order valence-electron chi connectivity index (χ3n) is 6.76. The number of nitrogens with one attached hydrogen (secondary N) is 2. The zero-order chi connectivity index (χ0) is 33.3. The highest BCUT2D eigenvalue weighted by Gasteiger charge is 2.45. The normalized spacial score (nSPS) is 21.5. The number of methoxy groups -OCH3 is 2. The maximum absolute atomic E-state index is 13.2. The predicted octanol–water partition coefficient (Wildman–Crippen LogP) is 1.85. The van der Waals surface area contributed by atoms with E-state index in [0.717, 1.165) is 11.1 Å². The number of rotatable bonds is 13. The van der Waals surface area contributed by atoms with Crippen LogP contribution >= 0.6 is 11.6 Å². The number of esters is 1. The minimum atomic E-state index is -1.49. The molecule has 3 rings (SSSR count). The maximum atomic E-state index is 13.2. The molecule has 13 nitrogen and oxygen atoms in total. The van der Waals surface area contributed by atoms with Gasteiger partial charge in [-0.15, -0.1) is 0 Å². The molecule has 1 aliphatic rings. The summed E-state index contributed by atoms with van der Waals surface area (Å²) in [5.41, 5.74) is 1.02. The molecule has 2 aromatic rings. The van der Waals surface area contributed by atoms with Crippen molar-refractivity contribution in [3.05, 3.63) is 58.1 Å². The molecule has 45 heavy (non-hydrogen) atoms. The summed E-state index contributed by atoms with van der Waals surface area (Å²) in [7, 11) is 2.66. The second kappa shape index (κ2) is 16.2. The average Bonchev–Trinajstić information content (AvgIpc) is 3.00. The maximum Gasteiger partial charge on any atom is 0.306 e. The number of hydrogen-bond donors (Lipinski definition) is 5. The first kappa shape index (κ1) is 36.0. The van der Waals surface area contributed by atoms with Crippen LogP contribution in [-0.2, 0) is 37.0 Å². The molecule has 0 spiro atoms. The third-order valence-corrected chi connectivity index (χ3v) is 7.06. The molecular weight excluding hydrogens is 612 g/mol. The van der Waals surface area contributed by atoms with Crippen LogP contribution in [0.25, 0.3) is 0 Å². The molecule has 0 aromatic heterocycles. The zero-order valence-corrected chi connectivity index (χ0v) is 26.6. The molecule has 2 aromatic carbocycles. The van der Waals surface area contributed by atoms with E-state index in [9.17, 15) is 29.7 Å². The summed E-state index contributed by atoms with van der Waals surface area (Å²) in [4.78, 5) is 37.2. The molecule has 1 aliphatic heterocycles. The van der Waals surface area contributed by atoms with E-state index in [2.05, 4.69) is 10.6 Å². The van der Waals surface area contributed by atoms with Gasteiger partial charge in [0.2, 0.25) is 5.91 Å². The van der Waals surface area contributed by atoms with Crippen molar-refractivity contribution in [3.63, 3.8) is 0 Å². The van der Waals surface area contributed by atoms with Crippen molar-refractivity contribution >= 4 is 29.4 Å². The lowest BCUT2D eigenvalue weighted by Gasteiger charge is -2.41. The Labute approximate surface area is 266 Å². The Balaban J connectivity index is 1.60. The van der Waals surface area contributed by atoms with Gasteiger partial charge >= 0.3 is 5.97 Å². The molecule has 1 saturated heterocycles. The second-order valence-electron chi connectivity index (χ2n) is 11.4. The first-order valence-electron chi connectivity index (χ1n) is 14.3. The van der Waals surface area contributed by atoms with E-state index >= 15 is 0 Å². The first-order valence-corrected chi connectivity index (χ1v) is 14.7. The van der Waals surface area contributed by atoms with Gasteiger partial charge in [0.25, 0.3) is 5.91 Å². The Kier molecular flexibility index (Phi) is 13.0. The molecule has 0 unspecified atom stereocenters. The van der Waals surface area contributed by atoms with E-state index in [1.807, 2.05) is 24.3 Å². The number of aliphatic hydroxyl groups is 3. The SMILES string of the molecule is COc1cc(OCc2cccc(CNC(=O)CCC(=O)OC(C)(C)C)c2)c(Cl)cc1C(=O)N[C@H]1[C@@H](OC)O[C@H](CO)[C@@H](O)[C@@H]1O. The first-order chi connectivity index (χ1) is 21.3. The summed E-state index contributed by atoms with van der Waals surface area (Å²) in [6, 6.07) is 8.96. The van der Waals surface area contributed by atoms with Gasteiger partial charge in [-0.05, 0) is 38.0 Å². The van der Waals surface area contributed by atoms with E-state index in [0.29, 0.717) is 0 Å². The number of benzene rings is 2. The average molecular weight is 653 g/mol. The topological polar surface area (TPSA) is 182 Å². The fraction of sp³-hybridized carbons (Fsp3) is 0.516. The van der Waals surface area contributed by atoms with Crippen LogP contribution in [0.3, 0.4) is 0 Å². The van der Waals surface area contributed by atoms with Crippen molar-refractivity contribution in [1.29, 1.82) is 0 Å². The van der Waals surface area contributed by atoms with Crippen molar-refractivity contribution in [2.45, 2.75) is 83.0 Å². The molecule has 0 bridgehead atoms. The Morgan fingerprint density at radius 2 is 1.71 bits per heavy atom. The van der Waals surface area contributed by atoms with Gasteiger partial charge in [-0.1, -0.05) is 35.9 Å². The largest absolute Gasteiger partial charge is 0.496 e. The Morgan fingerprint density at radius 3 is 2.36 bits per heavy atom. The van der Waals surface area contributed by atoms with E-state index in [4.69, 9.17) is 35.3 Å². The van der Waals surface area contributed by atoms with Gasteiger partial charge in [0, 0.05) is 26.1 Å². The van der Waals surface area contributed by atoms with Crippen molar-refractivity contribution in [2.24, 2.45) is 0 Å². The quantitative estimate of drug-likeness (QED) is 0.199. The highest BCUT2D eigenvalue weighted by atomic mass is 35.5. The number of carbonyl (C=O) groups is 3. The standard InChI is InChI=1S/C31H41ClN2O11/c1-31(2,3)45-25(37)10-9-24(36)33-14-17-7-6-8-18(11-17)16-43-22-13-21(41-4)19(12-20(22)32)29(40)34-26-28(39)27(38)23(15-35)44-30(26)42-5/h6-8,11-13,23,26-28,30,35,38-39H,9-10,14-16H2,1-5H3,(H,33,36)(H,34,40)/t23-,26-,27-,28-,30+/m1/s1. The minimum Gasteiger partial charge on any atom is -0.496 e. The van der Waals surface area contributed by atoms with Crippen molar-refractivity contribution in [3.8, 4) is 11.5 Å². The van der Waals surface area contributed by atoms with Crippen LogP contribution in [-0.4, -0.2) is 90.2 Å². The van der Waals surface area contributed by atoms with Gasteiger partial charge in [0.15, 0.2) is 6.29 Å². The summed E-state index contributed by atoms with van der Waals surface area (Å²) in [6.45, 7) is 5.10. The highest BCUT2D eigenvalue weighted by Crippen LogP contribution is 2.34. The molecule has 0 aliphatic carbocycles. The number of carbonyl (C=O) groups excluding carboxylic acids is 3. The van der Waals surface area contributed by atoms with Crippen LogP contribution in [0, 0.1) is 0 Å². The molecule has 2 amide bonds. The Bertz CT molecular complexity index is 1330. The Morgan fingerprint density at radius 1 is 1.00 bits per heavy atom. The fourth-order valence-corrected chi connectivity index (χ4v) is 4.76. The number of halogens is 1. The van der Waals surface area contributed by atoms with Gasteiger partial charge in [0.05, 0.1) is 30.7 Å². The lowest BCUT2D eigenvalue weighted by molar-refractivity contribution is -0.261. The van der Waals surface area contributed by atoms with Gasteiger partial charge in [-0.25, -0.2) is 0 Å². The van der Waals surface area contributed by atoms with E-state index < -0.39 is 54.7 Å². The molecule has 248 valence electrons. The van der Waals surface area contributed by atoms with Gasteiger partial charge in [-0.3, -0.25) is 14.4 Å². The minimum absolute atomic E-state index is 0.0134. The summed E-state index contributed by atoms with van der Waals surface area (Å²) < 4.78 is 27.2. The number of hydrogen-bond acceptors (Lipinski definition) is 11. The summed E-state index contributed by atoms with van der Waals surface area (Å²) >= 11 is 6.45. The number of aliphatic hydroxyl groups excluding tert-OH is 3. The van der Waals surface area contributed by atoms with Crippen LogP contribution in [0.15, 0.2) is 36.4 Å². The monoisotopic (exact) mass is 652 g/mol. The van der Waals surface area contributed by atoms with Crippen LogP contribution < -0.4 is 20.1 Å². The van der Waals surface area contributed by atoms with Gasteiger partial charge < -0.3 is 49.6 Å². The number of amides is 2. The molecule has 1 fully saturated rings. The van der Waals surface area contributed by atoms with Crippen molar-refractivity contribution < 1.29 is 53.4 Å². The van der Waals surface area contributed by atoms with Crippen LogP contribution in [0.4, 0.5) is 0 Å². The van der Waals surface area contributed by atoms with E-state index in [-0.39, 0.29) is 54.0 Å². The van der Waals surface area contributed by atoms with Crippen molar-refractivity contribution in [1.82, 2.24) is 10.6 Å². The van der Waals surface area contributed by atoms with Crippen LogP contribution in [0.1, 0.15) is 55.1 Å². The lowest BCUT2D eigenvalue weighted by Crippen LogP contribution is -2.64. The van der Waals surface area contributed by atoms with Crippen LogP contribution in [0.5, 0.6) is 11.5 Å². The molecule has 0 saturated carbocycles. The van der Waals surface area contributed by atoms with Gasteiger partial charge in [0.1, 0.15) is 48.1 Å². The molecule has 14 heteroatoms. The summed E-state index contributed by atoms with van der Waals surface area (Å²) in [5, 5.41) is 35.6. The second-order valence-corrected chi connectivity index (χ2v) is 11.8. The summed E-state index contributed by atoms with van der Waals surface area (Å²) in [6.07, 6.45) is -5.19. The summed E-state index contributed by atoms with van der Waals surface area (Å²) in [5.74, 6) is -1.04. The molecule has 0 radical (unpaired) electrons. The molecule has 5 N–H and O–H groups in total. The number of ether oxygens (including phenoxy) is 5. The molecule has 1 heterocycles. The zero-order valence-electron chi connectivity index (χ0n) is 25.9. The Hall–Kier alpha value is -3.46. The highest BCUT2D eigenvalue weighted by molar-refractivity contribution is 6.32. The smallest absolute Gasteiger partial charge is 0.306 e. The van der Waals surface area contributed by atoms with Gasteiger partial charge in [-0.2, -0.15) is 0 Å². The van der Waals surface area contributed by atoms with E-state index in [1.54, 1.807) is 20.8 Å². The molecule has 5 atom stereocenters. The van der Waals surface area contributed by atoms with E-state index in [1.165, 1.54) is 26.4 Å². The lowest BCUT2D eigenvalue weighted by atomic mass is 9.96. The van der Waals surface area contributed by atoms with Crippen LogP contribution in [0.2, 0.25) is 5.02 Å². The van der Waals surface area contributed by atoms with Crippen molar-refractivity contribution in [2.75, 3.05) is 20.8 Å². The fourth-order valence-electron chi connectivity index (χ4n) is 4.55.